The van der Waals surface area contributed by atoms with Crippen LogP contribution in [0, 0.1) is 35.5 Å². The number of ether oxygens (including phenoxy) is 3. The number of hydrogen-bond donors (Lipinski definition) is 5. The normalized spacial score (nSPS) is 25.6. The predicted octanol–water partition coefficient (Wildman–Crippen LogP) is 7.01. The number of benzene rings is 2. The number of aromatic hydroxyl groups is 1. The summed E-state index contributed by atoms with van der Waals surface area (Å²) in [6.07, 6.45) is 9.21. The number of β-amino-alcohol motifs (C(OH)–C–C–N with tert-alkyl or cyclic N) is 1. The molecule has 0 unspecified atom stereocenters. The average molecular weight is 988 g/mol. The average Bonchev–Trinajstić information content (AvgIpc) is 4.03. The number of amides is 3. The van der Waals surface area contributed by atoms with Gasteiger partial charge in [0.15, 0.2) is 0 Å². The monoisotopic (exact) mass is 988 g/mol. The first-order valence-corrected chi connectivity index (χ1v) is 26.9. The molecule has 14 nitrogen and oxygen atoms in total. The molecule has 0 radical (unpaired) electrons. The van der Waals surface area contributed by atoms with Gasteiger partial charge >= 0.3 is 0 Å². The van der Waals surface area contributed by atoms with Crippen LogP contribution in [0.3, 0.4) is 0 Å². The van der Waals surface area contributed by atoms with Gasteiger partial charge in [0, 0.05) is 32.5 Å². The van der Waals surface area contributed by atoms with Gasteiger partial charge in [0.2, 0.25) is 17.7 Å². The van der Waals surface area contributed by atoms with E-state index in [4.69, 9.17) is 14.2 Å². The number of fused-ring (bicyclic) bond motifs is 5. The summed E-state index contributed by atoms with van der Waals surface area (Å²) in [5.74, 6) is 1.62. The van der Waals surface area contributed by atoms with Crippen LogP contribution in [0.2, 0.25) is 0 Å². The van der Waals surface area contributed by atoms with Crippen molar-refractivity contribution in [1.82, 2.24) is 25.4 Å². The van der Waals surface area contributed by atoms with E-state index >= 15 is 0 Å². The summed E-state index contributed by atoms with van der Waals surface area (Å²) in [4.78, 5) is 49.6. The number of unbranched alkanes of at least 4 members (excludes halogenated alkanes) is 2. The molecule has 1 aromatic heterocycles. The van der Waals surface area contributed by atoms with E-state index in [2.05, 4.69) is 40.6 Å². The topological polar surface area (TPSA) is 183 Å². The highest BCUT2D eigenvalue weighted by molar-refractivity contribution is 7.13. The second kappa shape index (κ2) is 24.6. The van der Waals surface area contributed by atoms with E-state index in [0.717, 1.165) is 73.3 Å². The van der Waals surface area contributed by atoms with Crippen molar-refractivity contribution in [2.45, 2.75) is 142 Å². The van der Waals surface area contributed by atoms with Gasteiger partial charge in [-0.2, -0.15) is 0 Å². The lowest BCUT2D eigenvalue weighted by Gasteiger charge is -2.53. The van der Waals surface area contributed by atoms with Gasteiger partial charge in [-0.25, -0.2) is 4.98 Å². The van der Waals surface area contributed by atoms with Crippen molar-refractivity contribution in [2.24, 2.45) is 28.6 Å². The zero-order valence-corrected chi connectivity index (χ0v) is 43.4. The zero-order chi connectivity index (χ0) is 50.0. The van der Waals surface area contributed by atoms with Gasteiger partial charge in [-0.1, -0.05) is 70.9 Å². The maximum absolute atomic E-state index is 14.0. The van der Waals surface area contributed by atoms with Crippen molar-refractivity contribution in [1.29, 1.82) is 0 Å². The van der Waals surface area contributed by atoms with Gasteiger partial charge in [-0.3, -0.25) is 14.4 Å². The molecule has 2 aromatic carbocycles. The smallest absolute Gasteiger partial charge is 0.246 e. The number of rotatable bonds is 24. The first-order chi connectivity index (χ1) is 33.5. The maximum atomic E-state index is 14.0. The highest BCUT2D eigenvalue weighted by atomic mass is 32.1. The van der Waals surface area contributed by atoms with Crippen LogP contribution in [0.1, 0.15) is 120 Å². The number of phenols is 1. The number of nitrogens with one attached hydrogen (secondary N) is 2. The number of hydrogen-bond acceptors (Lipinski definition) is 12. The number of aliphatic hydroxyl groups excluding tert-OH is 2. The van der Waals surface area contributed by atoms with Crippen molar-refractivity contribution in [3.8, 4) is 16.2 Å². The van der Waals surface area contributed by atoms with E-state index in [-0.39, 0.29) is 55.9 Å². The van der Waals surface area contributed by atoms with Crippen LogP contribution in [0.5, 0.6) is 5.75 Å². The van der Waals surface area contributed by atoms with Crippen LogP contribution in [0.25, 0.3) is 10.4 Å². The van der Waals surface area contributed by atoms with E-state index in [9.17, 15) is 29.7 Å². The summed E-state index contributed by atoms with van der Waals surface area (Å²) < 4.78 is 17.2. The third-order valence-corrected chi connectivity index (χ3v) is 17.0. The Kier molecular flexibility index (Phi) is 18.9. The van der Waals surface area contributed by atoms with Crippen LogP contribution in [-0.4, -0.2) is 138 Å². The van der Waals surface area contributed by atoms with Crippen molar-refractivity contribution in [3.05, 3.63) is 70.4 Å². The van der Waals surface area contributed by atoms with Gasteiger partial charge in [0.25, 0.3) is 0 Å². The molecule has 4 aliphatic rings. The number of carbonyl (C=O) groups is 3. The van der Waals surface area contributed by atoms with Gasteiger partial charge in [-0.05, 0) is 134 Å². The Morgan fingerprint density at radius 2 is 1.67 bits per heavy atom. The summed E-state index contributed by atoms with van der Waals surface area (Å²) >= 11 is 1.58. The minimum atomic E-state index is -0.911. The van der Waals surface area contributed by atoms with Crippen LogP contribution in [0.15, 0.2) is 48.0 Å². The van der Waals surface area contributed by atoms with E-state index in [0.29, 0.717) is 62.5 Å². The molecule has 386 valence electrons. The summed E-state index contributed by atoms with van der Waals surface area (Å²) in [7, 11) is 2.14. The minimum Gasteiger partial charge on any atom is -0.508 e. The fourth-order valence-corrected chi connectivity index (χ4v) is 12.9. The Hall–Kier alpha value is -3.96. The zero-order valence-electron chi connectivity index (χ0n) is 42.6. The second-order valence-electron chi connectivity index (χ2n) is 22.0. The number of thiazole rings is 1. The lowest BCUT2D eigenvalue weighted by Crippen LogP contribution is -2.57. The van der Waals surface area contributed by atoms with Crippen molar-refractivity contribution in [3.63, 3.8) is 0 Å². The standard InChI is InChI=1S/C55H81N5O9S/c1-36-50(70-35-57-36)38-13-11-37(12-14-38)33-56-52(65)46-32-42(62)34-60(46)53(66)51(54(2,3)4)58-48(64)20-24-67-26-28-69-29-27-68-25-23-59(6)22-9-7-8-10-39-30-40-31-41(61)15-16-43(40)44-19-21-55(5)45(49(39)44)17-18-47(55)63/h11-16,31,35,39,42,44-47,49,51,61-63H,7-10,17-30,32-34H2,1-6H3,(H,56,65)(H,58,64)/t39-,42-,44-,45+,46+,47+,49-,51-,55+/m1/s1. The molecule has 2 saturated carbocycles. The van der Waals surface area contributed by atoms with Crippen LogP contribution >= 0.6 is 11.3 Å². The van der Waals surface area contributed by atoms with Crippen LogP contribution in [-0.2, 0) is 41.6 Å². The number of carbonyl (C=O) groups excluding carboxylic acids is 3. The molecule has 1 aliphatic heterocycles. The molecule has 9 atom stereocenters. The van der Waals surface area contributed by atoms with Gasteiger partial charge in [0.1, 0.15) is 17.8 Å². The lowest BCUT2D eigenvalue weighted by molar-refractivity contribution is -0.144. The minimum absolute atomic E-state index is 0.00896. The van der Waals surface area contributed by atoms with E-state index in [1.807, 2.05) is 69.6 Å². The molecule has 2 heterocycles. The number of phenolic OH excluding ortho intramolecular Hbond substituents is 1. The van der Waals surface area contributed by atoms with Gasteiger partial charge in [0.05, 0.1) is 67.9 Å². The first-order valence-electron chi connectivity index (χ1n) is 26.0. The molecular formula is C55H81N5O9S. The summed E-state index contributed by atoms with van der Waals surface area (Å²) in [6, 6.07) is 12.2. The molecule has 0 bridgehead atoms. The first kappa shape index (κ1) is 53.8. The van der Waals surface area contributed by atoms with Crippen LogP contribution in [0.4, 0.5) is 0 Å². The number of aliphatic hydroxyl groups is 2. The number of nitrogens with zero attached hydrogens (tertiary/aromatic N) is 3. The highest BCUT2D eigenvalue weighted by Crippen LogP contribution is 2.62. The van der Waals surface area contributed by atoms with Crippen LogP contribution < -0.4 is 10.6 Å². The molecule has 1 saturated heterocycles. The molecule has 5 N–H and O–H groups in total. The fourth-order valence-electron chi connectivity index (χ4n) is 12.0. The molecule has 7 rings (SSSR count). The molecule has 3 aromatic rings. The highest BCUT2D eigenvalue weighted by Gasteiger charge is 2.56. The largest absolute Gasteiger partial charge is 0.508 e. The molecule has 70 heavy (non-hydrogen) atoms. The van der Waals surface area contributed by atoms with Crippen molar-refractivity contribution in [2.75, 3.05) is 66.3 Å². The number of aryl methyl sites for hydroxylation is 1. The lowest BCUT2D eigenvalue weighted by atomic mass is 9.52. The summed E-state index contributed by atoms with van der Waals surface area (Å²) in [5.41, 5.74) is 6.93. The maximum Gasteiger partial charge on any atom is 0.246 e. The SMILES string of the molecule is Cc1ncsc1-c1ccc(CNC(=O)[C@@H]2C[C@@H](O)CN2C(=O)[C@@H](NC(=O)CCOCCOCCOCCN(C)CCCCC[C@@H]2Cc3cc(O)ccc3[C@H]3CC[C@]4(C)[C@@H](O)CC[C@H]4[C@H]23)C(C)(C)C)cc1. The molecule has 3 amide bonds. The third kappa shape index (κ3) is 13.6. The Balaban J connectivity index is 0.721. The number of likely N-dealkylation sites (tertiary alicyclic amines) is 1. The van der Waals surface area contributed by atoms with Crippen molar-refractivity contribution >= 4 is 29.1 Å². The van der Waals surface area contributed by atoms with E-state index < -0.39 is 29.5 Å². The fraction of sp³-hybridized carbons (Fsp3) is 0.673. The molecule has 0 spiro atoms. The number of aromatic nitrogens is 1. The van der Waals surface area contributed by atoms with Gasteiger partial charge < -0.3 is 50.0 Å². The third-order valence-electron chi connectivity index (χ3n) is 16.0. The quantitative estimate of drug-likeness (QED) is 0.0583. The summed E-state index contributed by atoms with van der Waals surface area (Å²) in [5, 5.41) is 37.7. The van der Waals surface area contributed by atoms with Gasteiger partial charge in [-0.15, -0.1) is 11.3 Å². The molecular weight excluding hydrogens is 907 g/mol. The summed E-state index contributed by atoms with van der Waals surface area (Å²) in [6.45, 7) is 14.5. The Bertz CT molecular complexity index is 2180. The molecule has 15 heteroatoms. The molecule has 3 aliphatic carbocycles. The van der Waals surface area contributed by atoms with E-state index in [1.165, 1.54) is 35.3 Å². The number of likely N-dealkylation sites (N-methyl/N-ethyl adjacent to an activating group) is 1. The Morgan fingerprint density at radius 3 is 2.39 bits per heavy atom. The molecule has 3 fully saturated rings. The predicted molar refractivity (Wildman–Crippen MR) is 272 cm³/mol. The van der Waals surface area contributed by atoms with Crippen molar-refractivity contribution < 1.29 is 43.9 Å². The Labute approximate surface area is 420 Å². The second-order valence-corrected chi connectivity index (χ2v) is 22.8. The van der Waals surface area contributed by atoms with E-state index in [1.54, 1.807) is 11.3 Å². The Morgan fingerprint density at radius 1 is 0.943 bits per heavy atom.